The Morgan fingerprint density at radius 3 is 2.67 bits per heavy atom. The van der Waals surface area contributed by atoms with Crippen molar-refractivity contribution in [1.29, 1.82) is 0 Å². The van der Waals surface area contributed by atoms with Crippen LogP contribution in [0, 0.1) is 6.92 Å². The summed E-state index contributed by atoms with van der Waals surface area (Å²) in [5.74, 6) is -0.609. The van der Waals surface area contributed by atoms with Crippen molar-refractivity contribution in [3.8, 4) is 0 Å². The number of hydrogen-bond donors (Lipinski definition) is 1. The SMILES string of the molecule is COC(=O)c1cc(C)ccc1NS(=O)(=O)c1cnn(C)c1. The first-order valence-corrected chi connectivity index (χ1v) is 7.52. The number of benzene rings is 1. The maximum Gasteiger partial charge on any atom is 0.340 e. The van der Waals surface area contributed by atoms with Crippen LogP contribution in [0.4, 0.5) is 5.69 Å². The third kappa shape index (κ3) is 3.22. The monoisotopic (exact) mass is 309 g/mol. The lowest BCUT2D eigenvalue weighted by Gasteiger charge is -2.11. The first-order chi connectivity index (χ1) is 9.83. The van der Waals surface area contributed by atoms with Gasteiger partial charge in [0.1, 0.15) is 4.90 Å². The van der Waals surface area contributed by atoms with Crippen molar-refractivity contribution in [1.82, 2.24) is 9.78 Å². The van der Waals surface area contributed by atoms with Crippen molar-refractivity contribution in [2.24, 2.45) is 7.05 Å². The second-order valence-electron chi connectivity index (χ2n) is 4.50. The summed E-state index contributed by atoms with van der Waals surface area (Å²) in [4.78, 5) is 11.8. The fourth-order valence-corrected chi connectivity index (χ4v) is 2.83. The lowest BCUT2D eigenvalue weighted by molar-refractivity contribution is 0.0602. The van der Waals surface area contributed by atoms with Gasteiger partial charge >= 0.3 is 5.97 Å². The van der Waals surface area contributed by atoms with Crippen LogP contribution in [0.15, 0.2) is 35.5 Å². The second-order valence-corrected chi connectivity index (χ2v) is 6.18. The fraction of sp³-hybridized carbons (Fsp3) is 0.231. The molecule has 0 saturated heterocycles. The molecule has 0 bridgehead atoms. The maximum absolute atomic E-state index is 12.2. The Morgan fingerprint density at radius 2 is 2.10 bits per heavy atom. The number of hydrogen-bond acceptors (Lipinski definition) is 5. The Hall–Kier alpha value is -2.35. The van der Waals surface area contributed by atoms with Crippen LogP contribution in [0.2, 0.25) is 0 Å². The predicted octanol–water partition coefficient (Wildman–Crippen LogP) is 1.32. The molecular formula is C13H15N3O4S. The number of carbonyl (C=O) groups is 1. The van der Waals surface area contributed by atoms with E-state index in [9.17, 15) is 13.2 Å². The number of nitrogens with zero attached hydrogens (tertiary/aromatic N) is 2. The van der Waals surface area contributed by atoms with E-state index in [1.165, 1.54) is 30.3 Å². The van der Waals surface area contributed by atoms with E-state index >= 15 is 0 Å². The minimum Gasteiger partial charge on any atom is -0.465 e. The molecule has 0 fully saturated rings. The van der Waals surface area contributed by atoms with Gasteiger partial charge in [0.15, 0.2) is 0 Å². The highest BCUT2D eigenvalue weighted by Crippen LogP contribution is 2.22. The number of sulfonamides is 1. The molecule has 112 valence electrons. The Labute approximate surface area is 122 Å². The van der Waals surface area contributed by atoms with E-state index in [0.717, 1.165) is 5.56 Å². The Morgan fingerprint density at radius 1 is 1.38 bits per heavy atom. The molecule has 0 aliphatic heterocycles. The molecule has 0 atom stereocenters. The average molecular weight is 309 g/mol. The molecule has 8 heteroatoms. The fourth-order valence-electron chi connectivity index (χ4n) is 1.77. The van der Waals surface area contributed by atoms with Crippen LogP contribution >= 0.6 is 0 Å². The molecule has 1 aromatic carbocycles. The van der Waals surface area contributed by atoms with E-state index in [-0.39, 0.29) is 16.1 Å². The first-order valence-electron chi connectivity index (χ1n) is 6.04. The van der Waals surface area contributed by atoms with Gasteiger partial charge in [0.2, 0.25) is 0 Å². The Bertz CT molecular complexity index is 780. The number of carbonyl (C=O) groups excluding carboxylic acids is 1. The van der Waals surface area contributed by atoms with Gasteiger partial charge in [-0.3, -0.25) is 9.40 Å². The van der Waals surface area contributed by atoms with Crippen molar-refractivity contribution in [3.63, 3.8) is 0 Å². The predicted molar refractivity (Wildman–Crippen MR) is 76.5 cm³/mol. The minimum atomic E-state index is -3.81. The highest BCUT2D eigenvalue weighted by molar-refractivity contribution is 7.92. The van der Waals surface area contributed by atoms with Gasteiger partial charge in [-0.05, 0) is 19.1 Å². The molecule has 0 saturated carbocycles. The third-order valence-corrected chi connectivity index (χ3v) is 4.14. The molecule has 2 aromatic rings. The number of nitrogens with one attached hydrogen (secondary N) is 1. The summed E-state index contributed by atoms with van der Waals surface area (Å²) in [6, 6.07) is 4.79. The van der Waals surface area contributed by atoms with E-state index in [4.69, 9.17) is 0 Å². The van der Waals surface area contributed by atoms with Crippen LogP contribution in [0.5, 0.6) is 0 Å². The topological polar surface area (TPSA) is 90.3 Å². The molecule has 0 spiro atoms. The molecular weight excluding hydrogens is 294 g/mol. The standard InChI is InChI=1S/C13H15N3O4S/c1-9-4-5-12(11(6-9)13(17)20-3)15-21(18,19)10-7-14-16(2)8-10/h4-8,15H,1-3H3. The summed E-state index contributed by atoms with van der Waals surface area (Å²) in [6.07, 6.45) is 2.60. The van der Waals surface area contributed by atoms with Gasteiger partial charge in [0.25, 0.3) is 10.0 Å². The zero-order valence-electron chi connectivity index (χ0n) is 11.8. The summed E-state index contributed by atoms with van der Waals surface area (Å²) >= 11 is 0. The first kappa shape index (κ1) is 15.0. The largest absolute Gasteiger partial charge is 0.465 e. The number of aryl methyl sites for hydroxylation is 2. The van der Waals surface area contributed by atoms with Crippen LogP contribution in [-0.4, -0.2) is 31.3 Å². The van der Waals surface area contributed by atoms with Gasteiger partial charge in [-0.2, -0.15) is 5.10 Å². The second kappa shape index (κ2) is 5.57. The highest BCUT2D eigenvalue weighted by Gasteiger charge is 2.20. The van der Waals surface area contributed by atoms with Crippen molar-refractivity contribution < 1.29 is 17.9 Å². The lowest BCUT2D eigenvalue weighted by atomic mass is 10.1. The average Bonchev–Trinajstić information content (AvgIpc) is 2.87. The van der Waals surface area contributed by atoms with Crippen LogP contribution < -0.4 is 4.72 Å². The molecule has 0 aliphatic rings. The summed E-state index contributed by atoms with van der Waals surface area (Å²) in [6.45, 7) is 1.80. The number of esters is 1. The van der Waals surface area contributed by atoms with Crippen molar-refractivity contribution in [2.45, 2.75) is 11.8 Å². The molecule has 1 aromatic heterocycles. The van der Waals surface area contributed by atoms with Gasteiger partial charge in [-0.15, -0.1) is 0 Å². The molecule has 0 radical (unpaired) electrons. The van der Waals surface area contributed by atoms with Gasteiger partial charge in [0.05, 0.1) is 24.6 Å². The summed E-state index contributed by atoms with van der Waals surface area (Å²) in [5, 5.41) is 3.82. The molecule has 1 heterocycles. The van der Waals surface area contributed by atoms with E-state index in [2.05, 4.69) is 14.6 Å². The van der Waals surface area contributed by atoms with Crippen molar-refractivity contribution in [3.05, 3.63) is 41.7 Å². The van der Waals surface area contributed by atoms with Gasteiger partial charge in [0, 0.05) is 13.2 Å². The molecule has 0 amide bonds. The molecule has 2 rings (SSSR count). The zero-order valence-corrected chi connectivity index (χ0v) is 12.6. The van der Waals surface area contributed by atoms with Crippen molar-refractivity contribution in [2.75, 3.05) is 11.8 Å². The van der Waals surface area contributed by atoms with Crippen LogP contribution in [0.25, 0.3) is 0 Å². The van der Waals surface area contributed by atoms with Gasteiger partial charge in [-0.1, -0.05) is 11.6 Å². The van der Waals surface area contributed by atoms with Crippen LogP contribution in [0.3, 0.4) is 0 Å². The van der Waals surface area contributed by atoms with E-state index in [1.807, 2.05) is 0 Å². The highest BCUT2D eigenvalue weighted by atomic mass is 32.2. The number of anilines is 1. The van der Waals surface area contributed by atoms with Crippen molar-refractivity contribution >= 4 is 21.7 Å². The van der Waals surface area contributed by atoms with Crippen LogP contribution in [0.1, 0.15) is 15.9 Å². The molecule has 1 N–H and O–H groups in total. The Kier molecular flexibility index (Phi) is 3.99. The number of ether oxygens (including phenoxy) is 1. The summed E-state index contributed by atoms with van der Waals surface area (Å²) in [7, 11) is -0.955. The van der Waals surface area contributed by atoms with E-state index in [1.54, 1.807) is 26.1 Å². The summed E-state index contributed by atoms with van der Waals surface area (Å²) < 4.78 is 32.9. The normalized spacial score (nSPS) is 11.2. The van der Waals surface area contributed by atoms with Gasteiger partial charge < -0.3 is 4.74 Å². The number of aromatic nitrogens is 2. The Balaban J connectivity index is 2.42. The van der Waals surface area contributed by atoms with Gasteiger partial charge in [-0.25, -0.2) is 13.2 Å². The maximum atomic E-state index is 12.2. The molecule has 0 aliphatic carbocycles. The minimum absolute atomic E-state index is 0.0152. The van der Waals surface area contributed by atoms with Crippen LogP contribution in [-0.2, 0) is 21.8 Å². The lowest BCUT2D eigenvalue weighted by Crippen LogP contribution is -2.16. The molecule has 0 unspecified atom stereocenters. The summed E-state index contributed by atoms with van der Waals surface area (Å²) in [5.41, 5.74) is 1.14. The number of methoxy groups -OCH3 is 1. The number of rotatable bonds is 4. The quantitative estimate of drug-likeness (QED) is 0.860. The third-order valence-electron chi connectivity index (χ3n) is 2.82. The zero-order chi connectivity index (χ0) is 15.6. The van der Waals surface area contributed by atoms with E-state index < -0.39 is 16.0 Å². The molecule has 21 heavy (non-hydrogen) atoms. The van der Waals surface area contributed by atoms with E-state index in [0.29, 0.717) is 0 Å². The smallest absolute Gasteiger partial charge is 0.340 e. The molecule has 7 nitrogen and oxygen atoms in total.